The van der Waals surface area contributed by atoms with E-state index in [0.29, 0.717) is 27.9 Å². The lowest BCUT2D eigenvalue weighted by atomic mass is 10.0. The summed E-state index contributed by atoms with van der Waals surface area (Å²) < 4.78 is 7.39. The van der Waals surface area contributed by atoms with Crippen molar-refractivity contribution < 1.29 is 9.53 Å². The van der Waals surface area contributed by atoms with Gasteiger partial charge in [0.15, 0.2) is 0 Å². The van der Waals surface area contributed by atoms with Crippen LogP contribution in [0.4, 0.5) is 5.82 Å². The second-order valence-electron chi connectivity index (χ2n) is 8.92. The predicted octanol–water partition coefficient (Wildman–Crippen LogP) is 4.84. The third-order valence-corrected chi connectivity index (χ3v) is 8.09. The number of nitrogens with zero attached hydrogens (tertiary/aromatic N) is 4. The Morgan fingerprint density at radius 1 is 1.14 bits per heavy atom. The van der Waals surface area contributed by atoms with Crippen molar-refractivity contribution in [1.82, 2.24) is 9.47 Å². The van der Waals surface area contributed by atoms with Gasteiger partial charge in [-0.1, -0.05) is 49.0 Å². The molecule has 1 aromatic carbocycles. The quantitative estimate of drug-likeness (QED) is 0.397. The number of amides is 1. The molecule has 0 atom stereocenters. The third-order valence-electron chi connectivity index (χ3n) is 6.72. The Balaban J connectivity index is 1.77. The van der Waals surface area contributed by atoms with Gasteiger partial charge in [0, 0.05) is 25.2 Å². The number of nitriles is 1. The maximum Gasteiger partial charge on any atom is 0.270 e. The first-order chi connectivity index (χ1) is 17.4. The van der Waals surface area contributed by atoms with Crippen LogP contribution in [0.25, 0.3) is 6.08 Å². The highest BCUT2D eigenvalue weighted by Crippen LogP contribution is 2.37. The first kappa shape index (κ1) is 26.0. The lowest BCUT2D eigenvalue weighted by Crippen LogP contribution is -2.35. The molecular weight excluding hydrogens is 492 g/mol. The molecule has 0 unspecified atom stereocenters. The number of pyridine rings is 1. The first-order valence-electron chi connectivity index (χ1n) is 12.2. The molecule has 0 aliphatic carbocycles. The molecule has 36 heavy (non-hydrogen) atoms. The van der Waals surface area contributed by atoms with Gasteiger partial charge in [-0.25, -0.2) is 0 Å². The van der Waals surface area contributed by atoms with Crippen molar-refractivity contribution in [3.05, 3.63) is 61.8 Å². The summed E-state index contributed by atoms with van der Waals surface area (Å²) in [5, 5.41) is 9.78. The Morgan fingerprint density at radius 3 is 2.39 bits per heavy atom. The third kappa shape index (κ3) is 5.06. The van der Waals surface area contributed by atoms with Crippen molar-refractivity contribution in [1.29, 1.82) is 5.26 Å². The van der Waals surface area contributed by atoms with Crippen molar-refractivity contribution in [3.63, 3.8) is 0 Å². The van der Waals surface area contributed by atoms with Crippen molar-refractivity contribution in [2.45, 2.75) is 52.6 Å². The Kier molecular flexibility index (Phi) is 8.17. The molecule has 0 bridgehead atoms. The largest absolute Gasteiger partial charge is 0.497 e. The molecule has 2 saturated heterocycles. The monoisotopic (exact) mass is 522 g/mol. The second-order valence-corrected chi connectivity index (χ2v) is 10.6. The number of methoxy groups -OCH3 is 1. The summed E-state index contributed by atoms with van der Waals surface area (Å²) in [5.74, 6) is 1.37. The summed E-state index contributed by atoms with van der Waals surface area (Å²) in [4.78, 5) is 31.0. The van der Waals surface area contributed by atoms with Gasteiger partial charge in [-0.2, -0.15) is 5.26 Å². The van der Waals surface area contributed by atoms with Gasteiger partial charge in [-0.3, -0.25) is 19.1 Å². The molecule has 1 amide bonds. The number of thiocarbonyl (C=S) groups is 1. The van der Waals surface area contributed by atoms with Gasteiger partial charge in [-0.15, -0.1) is 0 Å². The fourth-order valence-corrected chi connectivity index (χ4v) is 5.98. The van der Waals surface area contributed by atoms with Crippen molar-refractivity contribution in [3.8, 4) is 11.8 Å². The van der Waals surface area contributed by atoms with Crippen molar-refractivity contribution in [2.75, 3.05) is 25.1 Å². The number of ether oxygens (including phenoxy) is 1. The SMILES string of the molecule is CCn1c(N2CCCCCC2)c(/C=C2/SC(=S)N(Cc3ccc(OC)cc3)C2=O)c(C)c(C#N)c1=O. The van der Waals surface area contributed by atoms with Crippen LogP contribution in [0.15, 0.2) is 34.0 Å². The Labute approximate surface area is 221 Å². The van der Waals surface area contributed by atoms with E-state index < -0.39 is 0 Å². The molecule has 0 saturated carbocycles. The molecule has 3 heterocycles. The summed E-state index contributed by atoms with van der Waals surface area (Å²) in [6.07, 6.45) is 6.22. The lowest BCUT2D eigenvalue weighted by Gasteiger charge is -2.29. The van der Waals surface area contributed by atoms with Gasteiger partial charge in [0.25, 0.3) is 11.5 Å². The molecule has 0 spiro atoms. The summed E-state index contributed by atoms with van der Waals surface area (Å²) in [6.45, 7) is 6.19. The standard InChI is InChI=1S/C27H30N4O3S2/c1-4-30-24(29-13-7-5-6-8-14-29)21(18(2)22(16-28)25(30)32)15-23-26(33)31(27(35)36-23)17-19-9-11-20(34-3)12-10-19/h9-12,15H,4-8,13-14,17H2,1-3H3/b23-15+. The number of benzene rings is 1. The van der Waals surface area contributed by atoms with Gasteiger partial charge < -0.3 is 9.64 Å². The zero-order chi connectivity index (χ0) is 25.8. The van der Waals surface area contributed by atoms with Crippen molar-refractivity contribution >= 4 is 46.1 Å². The van der Waals surface area contributed by atoms with Crippen LogP contribution in [0, 0.1) is 18.3 Å². The summed E-state index contributed by atoms with van der Waals surface area (Å²) in [5.41, 5.74) is 2.14. The number of hydrogen-bond donors (Lipinski definition) is 0. The van der Waals surface area contributed by atoms with Crippen LogP contribution in [0.2, 0.25) is 0 Å². The lowest BCUT2D eigenvalue weighted by molar-refractivity contribution is -0.122. The number of thioether (sulfide) groups is 1. The minimum absolute atomic E-state index is 0.121. The fraction of sp³-hybridized carbons (Fsp3) is 0.407. The minimum Gasteiger partial charge on any atom is -0.497 e. The van der Waals surface area contributed by atoms with Crippen LogP contribution < -0.4 is 15.2 Å². The molecule has 0 radical (unpaired) electrons. The summed E-state index contributed by atoms with van der Waals surface area (Å²) in [7, 11) is 1.61. The molecule has 9 heteroatoms. The number of aromatic nitrogens is 1. The number of carbonyl (C=O) groups is 1. The van der Waals surface area contributed by atoms with Gasteiger partial charge >= 0.3 is 0 Å². The first-order valence-corrected chi connectivity index (χ1v) is 13.4. The molecule has 2 fully saturated rings. The Hall–Kier alpha value is -3.09. The number of hydrogen-bond acceptors (Lipinski definition) is 7. The van der Waals surface area contributed by atoms with Crippen LogP contribution in [-0.2, 0) is 17.9 Å². The van der Waals surface area contributed by atoms with Crippen LogP contribution in [-0.4, -0.2) is 39.9 Å². The van der Waals surface area contributed by atoms with Crippen LogP contribution in [0.3, 0.4) is 0 Å². The zero-order valence-corrected chi connectivity index (χ0v) is 22.5. The van der Waals surface area contributed by atoms with Gasteiger partial charge in [0.2, 0.25) is 0 Å². The van der Waals surface area contributed by atoms with Crippen molar-refractivity contribution in [2.24, 2.45) is 0 Å². The average Bonchev–Trinajstić information content (AvgIpc) is 3.05. The predicted molar refractivity (Wildman–Crippen MR) is 148 cm³/mol. The van der Waals surface area contributed by atoms with E-state index in [1.54, 1.807) is 23.5 Å². The van der Waals surface area contributed by atoms with E-state index in [1.807, 2.05) is 37.3 Å². The van der Waals surface area contributed by atoms with Gasteiger partial charge in [0.1, 0.15) is 27.5 Å². The van der Waals surface area contributed by atoms with Crippen LogP contribution in [0.1, 0.15) is 54.9 Å². The summed E-state index contributed by atoms with van der Waals surface area (Å²) >= 11 is 6.83. The van der Waals surface area contributed by atoms with Gasteiger partial charge in [0.05, 0.1) is 18.6 Å². The number of rotatable bonds is 6. The molecule has 1 aromatic heterocycles. The van der Waals surface area contributed by atoms with Crippen LogP contribution in [0.5, 0.6) is 5.75 Å². The average molecular weight is 523 g/mol. The maximum absolute atomic E-state index is 13.5. The highest BCUT2D eigenvalue weighted by molar-refractivity contribution is 8.26. The topological polar surface area (TPSA) is 78.6 Å². The van der Waals surface area contributed by atoms with E-state index >= 15 is 0 Å². The molecule has 2 aromatic rings. The highest BCUT2D eigenvalue weighted by atomic mass is 32.2. The fourth-order valence-electron chi connectivity index (χ4n) is 4.74. The number of anilines is 1. The number of carbonyl (C=O) groups excluding carboxylic acids is 1. The molecule has 4 rings (SSSR count). The Bertz CT molecular complexity index is 1300. The molecule has 188 valence electrons. The summed E-state index contributed by atoms with van der Waals surface area (Å²) in [6, 6.07) is 9.65. The van der Waals surface area contributed by atoms with E-state index in [-0.39, 0.29) is 17.0 Å². The minimum atomic E-state index is -0.277. The Morgan fingerprint density at radius 2 is 1.81 bits per heavy atom. The second kappa shape index (κ2) is 11.3. The normalized spacial score (nSPS) is 17.4. The van der Waals surface area contributed by atoms with E-state index in [0.717, 1.165) is 61.5 Å². The van der Waals surface area contributed by atoms with E-state index in [9.17, 15) is 14.9 Å². The van der Waals surface area contributed by atoms with E-state index in [1.165, 1.54) is 11.8 Å². The molecular formula is C27H30N4O3S2. The maximum atomic E-state index is 13.5. The van der Waals surface area contributed by atoms with Crippen LogP contribution >= 0.6 is 24.0 Å². The van der Waals surface area contributed by atoms with E-state index in [4.69, 9.17) is 17.0 Å². The zero-order valence-electron chi connectivity index (χ0n) is 20.9. The molecule has 7 nitrogen and oxygen atoms in total. The smallest absolute Gasteiger partial charge is 0.270 e. The molecule has 0 N–H and O–H groups in total. The van der Waals surface area contributed by atoms with Gasteiger partial charge in [-0.05, 0) is 56.0 Å². The van der Waals surface area contributed by atoms with E-state index in [2.05, 4.69) is 11.0 Å². The molecule has 2 aliphatic rings. The highest BCUT2D eigenvalue weighted by Gasteiger charge is 2.33. The molecule has 2 aliphatic heterocycles.